The monoisotopic (exact) mass is 346 g/mol. The van der Waals surface area contributed by atoms with Crippen LogP contribution in [0.25, 0.3) is 0 Å². The first kappa shape index (κ1) is 18.3. The Labute approximate surface area is 148 Å². The molecule has 2 aromatic rings. The van der Waals surface area contributed by atoms with Crippen LogP contribution in [0.5, 0.6) is 5.75 Å². The maximum absolute atomic E-state index is 5.68. The predicted molar refractivity (Wildman–Crippen MR) is 101 cm³/mol. The molecular formula is C18H26N4OS. The first-order valence-electron chi connectivity index (χ1n) is 8.45. The molecule has 2 N–H and O–H groups in total. The van der Waals surface area contributed by atoms with E-state index >= 15 is 0 Å². The van der Waals surface area contributed by atoms with Gasteiger partial charge in [-0.15, -0.1) is 11.3 Å². The average Bonchev–Trinajstić information content (AvgIpc) is 3.08. The molecule has 0 bridgehead atoms. The first-order valence-corrected chi connectivity index (χ1v) is 9.33. The number of nitrogens with zero attached hydrogens (tertiary/aromatic N) is 2. The normalized spacial score (nSPS) is 11.3. The van der Waals surface area contributed by atoms with Crippen molar-refractivity contribution in [1.29, 1.82) is 0 Å². The summed E-state index contributed by atoms with van der Waals surface area (Å²) in [6.45, 7) is 7.12. The van der Waals surface area contributed by atoms with Gasteiger partial charge in [0.15, 0.2) is 5.96 Å². The Morgan fingerprint density at radius 2 is 2.04 bits per heavy atom. The highest BCUT2D eigenvalue weighted by Crippen LogP contribution is 2.11. The summed E-state index contributed by atoms with van der Waals surface area (Å²) in [7, 11) is 0. The van der Waals surface area contributed by atoms with Crippen molar-refractivity contribution in [2.24, 2.45) is 4.99 Å². The van der Waals surface area contributed by atoms with Crippen LogP contribution in [0.2, 0.25) is 0 Å². The number of ether oxygens (including phenoxy) is 1. The number of hydrogen-bond acceptors (Lipinski definition) is 4. The average molecular weight is 346 g/mol. The molecule has 0 spiro atoms. The summed E-state index contributed by atoms with van der Waals surface area (Å²) >= 11 is 1.70. The van der Waals surface area contributed by atoms with E-state index in [0.29, 0.717) is 13.2 Å². The Morgan fingerprint density at radius 3 is 2.75 bits per heavy atom. The van der Waals surface area contributed by atoms with Crippen LogP contribution in [0.3, 0.4) is 0 Å². The van der Waals surface area contributed by atoms with E-state index in [9.17, 15) is 0 Å². The lowest BCUT2D eigenvalue weighted by Gasteiger charge is -2.11. The van der Waals surface area contributed by atoms with Gasteiger partial charge in [0.2, 0.25) is 0 Å². The largest absolute Gasteiger partial charge is 0.494 e. The molecule has 0 aliphatic carbocycles. The van der Waals surface area contributed by atoms with Crippen LogP contribution >= 0.6 is 11.3 Å². The van der Waals surface area contributed by atoms with E-state index in [1.165, 1.54) is 0 Å². The van der Waals surface area contributed by atoms with Gasteiger partial charge in [-0.2, -0.15) is 0 Å². The molecule has 1 aromatic carbocycles. The molecule has 1 heterocycles. The number of aromatic nitrogens is 1. The summed E-state index contributed by atoms with van der Waals surface area (Å²) in [5.41, 5.74) is 1.03. The molecule has 5 nitrogen and oxygen atoms in total. The Kier molecular flexibility index (Phi) is 8.10. The van der Waals surface area contributed by atoms with E-state index in [2.05, 4.69) is 39.8 Å². The van der Waals surface area contributed by atoms with Crippen LogP contribution in [-0.2, 0) is 13.0 Å². The number of thiazole rings is 1. The van der Waals surface area contributed by atoms with E-state index in [1.807, 2.05) is 30.3 Å². The molecule has 0 aliphatic rings. The van der Waals surface area contributed by atoms with Crippen molar-refractivity contribution in [3.8, 4) is 5.75 Å². The third-order valence-corrected chi connectivity index (χ3v) is 4.31. The number of guanidine groups is 1. The van der Waals surface area contributed by atoms with Crippen LogP contribution in [0.4, 0.5) is 0 Å². The second-order valence-electron chi connectivity index (χ2n) is 5.22. The molecule has 6 heteroatoms. The van der Waals surface area contributed by atoms with Crippen molar-refractivity contribution >= 4 is 17.3 Å². The number of rotatable bonds is 9. The lowest BCUT2D eigenvalue weighted by molar-refractivity contribution is 0.311. The zero-order chi connectivity index (χ0) is 17.0. The summed E-state index contributed by atoms with van der Waals surface area (Å²) in [6, 6.07) is 9.88. The maximum Gasteiger partial charge on any atom is 0.191 e. The number of benzene rings is 1. The SMILES string of the molecule is CCNC(=NCc1csc(CC)n1)NCCCOc1ccccc1. The smallest absolute Gasteiger partial charge is 0.191 e. The van der Waals surface area contributed by atoms with Crippen molar-refractivity contribution in [1.82, 2.24) is 15.6 Å². The van der Waals surface area contributed by atoms with Gasteiger partial charge >= 0.3 is 0 Å². The summed E-state index contributed by atoms with van der Waals surface area (Å²) in [4.78, 5) is 9.12. The summed E-state index contributed by atoms with van der Waals surface area (Å²) in [6.07, 6.45) is 1.89. The fraction of sp³-hybridized carbons (Fsp3) is 0.444. The standard InChI is InChI=1S/C18H26N4OS/c1-3-17-22-15(14-24-17)13-21-18(19-4-2)20-11-8-12-23-16-9-6-5-7-10-16/h5-7,9-10,14H,3-4,8,11-13H2,1-2H3,(H2,19,20,21). The number of nitrogens with one attached hydrogen (secondary N) is 2. The molecule has 24 heavy (non-hydrogen) atoms. The highest BCUT2D eigenvalue weighted by Gasteiger charge is 2.01. The fourth-order valence-electron chi connectivity index (χ4n) is 2.07. The second kappa shape index (κ2) is 10.6. The number of para-hydroxylation sites is 1. The summed E-state index contributed by atoms with van der Waals surface area (Å²) in [5.74, 6) is 1.73. The van der Waals surface area contributed by atoms with Gasteiger partial charge < -0.3 is 15.4 Å². The maximum atomic E-state index is 5.68. The molecule has 0 fully saturated rings. The van der Waals surface area contributed by atoms with Crippen LogP contribution in [0, 0.1) is 0 Å². The van der Waals surface area contributed by atoms with E-state index in [-0.39, 0.29) is 0 Å². The molecule has 0 saturated carbocycles. The lowest BCUT2D eigenvalue weighted by Crippen LogP contribution is -2.38. The van der Waals surface area contributed by atoms with E-state index in [0.717, 1.165) is 48.3 Å². The molecule has 0 aliphatic heterocycles. The summed E-state index contributed by atoms with van der Waals surface area (Å²) in [5, 5.41) is 9.83. The molecule has 2 rings (SSSR count). The zero-order valence-electron chi connectivity index (χ0n) is 14.4. The Bertz CT molecular complexity index is 612. The van der Waals surface area contributed by atoms with Crippen molar-refractivity contribution in [2.75, 3.05) is 19.7 Å². The third-order valence-electron chi connectivity index (χ3n) is 3.27. The van der Waals surface area contributed by atoms with E-state index < -0.39 is 0 Å². The second-order valence-corrected chi connectivity index (χ2v) is 6.17. The molecule has 130 valence electrons. The lowest BCUT2D eigenvalue weighted by atomic mass is 10.3. The van der Waals surface area contributed by atoms with Gasteiger partial charge in [-0.25, -0.2) is 9.98 Å². The van der Waals surface area contributed by atoms with Crippen molar-refractivity contribution in [2.45, 2.75) is 33.2 Å². The Balaban J connectivity index is 1.71. The zero-order valence-corrected chi connectivity index (χ0v) is 15.2. The highest BCUT2D eigenvalue weighted by atomic mass is 32.1. The molecule has 0 saturated heterocycles. The molecule has 1 aromatic heterocycles. The quantitative estimate of drug-likeness (QED) is 0.416. The molecule has 0 atom stereocenters. The van der Waals surface area contributed by atoms with Crippen LogP contribution in [0.15, 0.2) is 40.7 Å². The fourth-order valence-corrected chi connectivity index (χ4v) is 2.81. The minimum absolute atomic E-state index is 0.604. The predicted octanol–water partition coefficient (Wildman–Crippen LogP) is 3.23. The number of aliphatic imine (C=N–C) groups is 1. The molecule has 0 amide bonds. The molecule has 0 unspecified atom stereocenters. The van der Waals surface area contributed by atoms with Gasteiger partial charge in [0.25, 0.3) is 0 Å². The van der Waals surface area contributed by atoms with Crippen LogP contribution in [0.1, 0.15) is 31.0 Å². The van der Waals surface area contributed by atoms with Gasteiger partial charge in [0, 0.05) is 18.5 Å². The molecule has 0 radical (unpaired) electrons. The van der Waals surface area contributed by atoms with E-state index in [4.69, 9.17) is 4.74 Å². The van der Waals surface area contributed by atoms with Crippen molar-refractivity contribution < 1.29 is 4.74 Å². The van der Waals surface area contributed by atoms with E-state index in [1.54, 1.807) is 11.3 Å². The van der Waals surface area contributed by atoms with Gasteiger partial charge in [-0.1, -0.05) is 25.1 Å². The number of aryl methyl sites for hydroxylation is 1. The Hall–Kier alpha value is -2.08. The number of hydrogen-bond donors (Lipinski definition) is 2. The minimum Gasteiger partial charge on any atom is -0.494 e. The first-order chi connectivity index (χ1) is 11.8. The van der Waals surface area contributed by atoms with Gasteiger partial charge in [0.05, 0.1) is 23.9 Å². The highest BCUT2D eigenvalue weighted by molar-refractivity contribution is 7.09. The molecular weight excluding hydrogens is 320 g/mol. The Morgan fingerprint density at radius 1 is 1.21 bits per heavy atom. The van der Waals surface area contributed by atoms with Crippen LogP contribution in [-0.4, -0.2) is 30.6 Å². The minimum atomic E-state index is 0.604. The van der Waals surface area contributed by atoms with Crippen molar-refractivity contribution in [3.63, 3.8) is 0 Å². The van der Waals surface area contributed by atoms with Crippen molar-refractivity contribution in [3.05, 3.63) is 46.4 Å². The van der Waals surface area contributed by atoms with Gasteiger partial charge in [-0.05, 0) is 31.9 Å². The van der Waals surface area contributed by atoms with Gasteiger partial charge in [0.1, 0.15) is 5.75 Å². The van der Waals surface area contributed by atoms with Crippen LogP contribution < -0.4 is 15.4 Å². The van der Waals surface area contributed by atoms with Gasteiger partial charge in [-0.3, -0.25) is 0 Å². The third kappa shape index (κ3) is 6.58. The summed E-state index contributed by atoms with van der Waals surface area (Å²) < 4.78 is 5.68. The topological polar surface area (TPSA) is 58.5 Å².